The minimum absolute atomic E-state index is 0.0451. The second-order valence-electron chi connectivity index (χ2n) is 7.06. The molecule has 3 aromatic rings. The van der Waals surface area contributed by atoms with Crippen LogP contribution in [0.4, 0.5) is 5.69 Å². The molecule has 0 atom stereocenters. The highest BCUT2D eigenvalue weighted by Gasteiger charge is 2.29. The van der Waals surface area contributed by atoms with Gasteiger partial charge in [0.2, 0.25) is 5.78 Å². The molecule has 34 heavy (non-hydrogen) atoms. The van der Waals surface area contributed by atoms with E-state index < -0.39 is 47.0 Å². The molecule has 1 N–H and O–H groups in total. The summed E-state index contributed by atoms with van der Waals surface area (Å²) in [5, 5.41) is 11.0. The van der Waals surface area contributed by atoms with Crippen LogP contribution in [0, 0.1) is 10.1 Å². The predicted octanol–water partition coefficient (Wildman–Crippen LogP) is 2.83. The van der Waals surface area contributed by atoms with Gasteiger partial charge in [0.1, 0.15) is 0 Å². The highest BCUT2D eigenvalue weighted by molar-refractivity contribution is 7.90. The number of hydrogen-bond acceptors (Lipinski definition) is 7. The summed E-state index contributed by atoms with van der Waals surface area (Å²) >= 11 is 0. The summed E-state index contributed by atoms with van der Waals surface area (Å²) in [6.45, 7) is 0. The molecule has 12 heteroatoms. The fourth-order valence-corrected chi connectivity index (χ4v) is 5.33. The molecule has 0 aliphatic heterocycles. The fourth-order valence-electron chi connectivity index (χ4n) is 3.22. The third kappa shape index (κ3) is 4.49. The predicted molar refractivity (Wildman–Crippen MR) is 122 cm³/mol. The summed E-state index contributed by atoms with van der Waals surface area (Å²) in [6.07, 6.45) is 1.03. The Morgan fingerprint density at radius 1 is 0.794 bits per heavy atom. The van der Waals surface area contributed by atoms with Crippen LogP contribution in [0.15, 0.2) is 105 Å². The normalized spacial score (nSPS) is 14.9. The number of sulfonamides is 2. The quantitative estimate of drug-likeness (QED) is 0.406. The smallest absolute Gasteiger partial charge is 0.283 e. The number of nitrogens with zero attached hydrogens (tertiary/aromatic N) is 2. The van der Waals surface area contributed by atoms with Crippen LogP contribution in [0.2, 0.25) is 0 Å². The molecule has 0 saturated carbocycles. The van der Waals surface area contributed by atoms with Gasteiger partial charge in [0.25, 0.3) is 25.7 Å². The zero-order chi connectivity index (χ0) is 24.5. The number of nitro benzene ring substituents is 1. The average Bonchev–Trinajstić information content (AvgIpc) is 2.82. The highest BCUT2D eigenvalue weighted by atomic mass is 32.2. The van der Waals surface area contributed by atoms with Crippen LogP contribution in [-0.4, -0.2) is 33.3 Å². The number of non-ortho nitro benzene ring substituents is 1. The lowest BCUT2D eigenvalue weighted by atomic mass is 9.93. The molecule has 4 rings (SSSR count). The van der Waals surface area contributed by atoms with Crippen LogP contribution < -0.4 is 4.72 Å². The molecule has 172 valence electrons. The van der Waals surface area contributed by atoms with Crippen molar-refractivity contribution in [3.05, 3.63) is 112 Å². The average molecular weight is 498 g/mol. The summed E-state index contributed by atoms with van der Waals surface area (Å²) in [7, 11) is -8.59. The molecule has 0 heterocycles. The molecule has 0 amide bonds. The van der Waals surface area contributed by atoms with E-state index in [1.54, 1.807) is 12.1 Å². The molecule has 0 spiro atoms. The largest absolute Gasteiger partial charge is 0.287 e. The van der Waals surface area contributed by atoms with Crippen molar-refractivity contribution in [2.75, 3.05) is 0 Å². The number of hydrogen-bond donors (Lipinski definition) is 1. The molecule has 0 aromatic heterocycles. The maximum atomic E-state index is 13.0. The maximum Gasteiger partial charge on any atom is 0.283 e. The Morgan fingerprint density at radius 2 is 1.41 bits per heavy atom. The summed E-state index contributed by atoms with van der Waals surface area (Å²) in [4.78, 5) is 22.7. The summed E-state index contributed by atoms with van der Waals surface area (Å²) in [5.41, 5.74) is -0.816. The third-order valence-electron chi connectivity index (χ3n) is 4.82. The number of allylic oxidation sites excluding steroid dienone is 2. The number of ketones is 1. The van der Waals surface area contributed by atoms with Gasteiger partial charge in [0.15, 0.2) is 0 Å². The lowest BCUT2D eigenvalue weighted by molar-refractivity contribution is -0.385. The monoisotopic (exact) mass is 497 g/mol. The van der Waals surface area contributed by atoms with E-state index in [2.05, 4.69) is 9.12 Å². The number of carbonyl (C=O) groups excluding carboxylic acids is 1. The molecule has 0 fully saturated rings. The number of carbonyl (C=O) groups is 1. The standard InChI is InChI=1S/C22H15N3O7S2/c26-22-19-12-5-4-11-18(19)20(14-21(22)24-33(29,30)16-8-2-1-3-9-16)23-34(31,32)17-10-6-7-15(13-17)25(27)28/h1-14,24H. The minimum atomic E-state index is -4.44. The van der Waals surface area contributed by atoms with Crippen molar-refractivity contribution in [1.29, 1.82) is 0 Å². The van der Waals surface area contributed by atoms with E-state index in [9.17, 15) is 31.7 Å². The van der Waals surface area contributed by atoms with Crippen molar-refractivity contribution in [2.24, 2.45) is 4.40 Å². The first-order valence-electron chi connectivity index (χ1n) is 9.61. The molecule has 0 bridgehead atoms. The van der Waals surface area contributed by atoms with E-state index in [-0.39, 0.29) is 21.7 Å². The second kappa shape index (κ2) is 8.65. The van der Waals surface area contributed by atoms with E-state index in [1.807, 2.05) is 0 Å². The van der Waals surface area contributed by atoms with E-state index in [1.165, 1.54) is 48.5 Å². The van der Waals surface area contributed by atoms with E-state index in [0.717, 1.165) is 24.3 Å². The fraction of sp³-hybridized carbons (Fsp3) is 0. The van der Waals surface area contributed by atoms with Crippen molar-refractivity contribution in [2.45, 2.75) is 9.79 Å². The first kappa shape index (κ1) is 23.0. The molecular formula is C22H15N3O7S2. The van der Waals surface area contributed by atoms with Crippen molar-refractivity contribution >= 4 is 37.2 Å². The third-order valence-corrected chi connectivity index (χ3v) is 7.48. The van der Waals surface area contributed by atoms with Gasteiger partial charge in [0, 0.05) is 23.3 Å². The molecule has 1 aliphatic rings. The van der Waals surface area contributed by atoms with Crippen molar-refractivity contribution in [1.82, 2.24) is 4.72 Å². The van der Waals surface area contributed by atoms with E-state index in [0.29, 0.717) is 0 Å². The van der Waals surface area contributed by atoms with Crippen LogP contribution in [-0.2, 0) is 20.0 Å². The molecule has 3 aromatic carbocycles. The van der Waals surface area contributed by atoms with Crippen molar-refractivity contribution < 1.29 is 26.6 Å². The van der Waals surface area contributed by atoms with Crippen molar-refractivity contribution in [3.63, 3.8) is 0 Å². The SMILES string of the molecule is O=C1C(NS(=O)(=O)c2ccccc2)=CC(=NS(=O)(=O)c2cccc([N+](=O)[O-])c2)c2ccccc21. The van der Waals surface area contributed by atoms with Gasteiger partial charge in [0.05, 0.1) is 26.1 Å². The summed E-state index contributed by atoms with van der Waals surface area (Å²) in [6, 6.07) is 17.7. The first-order chi connectivity index (χ1) is 16.1. The molecule has 10 nitrogen and oxygen atoms in total. The Bertz CT molecular complexity index is 1590. The van der Waals surface area contributed by atoms with Crippen LogP contribution in [0.5, 0.6) is 0 Å². The van der Waals surface area contributed by atoms with Crippen molar-refractivity contribution in [3.8, 4) is 0 Å². The highest BCUT2D eigenvalue weighted by Crippen LogP contribution is 2.25. The zero-order valence-electron chi connectivity index (χ0n) is 17.2. The zero-order valence-corrected chi connectivity index (χ0v) is 18.8. The van der Waals surface area contributed by atoms with Gasteiger partial charge < -0.3 is 0 Å². The number of rotatable bonds is 6. The van der Waals surface area contributed by atoms with Crippen LogP contribution >= 0.6 is 0 Å². The number of benzene rings is 3. The van der Waals surface area contributed by atoms with E-state index in [4.69, 9.17) is 0 Å². The minimum Gasteiger partial charge on any atom is -0.287 e. The van der Waals surface area contributed by atoms with Gasteiger partial charge in [-0.3, -0.25) is 19.6 Å². The maximum absolute atomic E-state index is 13.0. The topological polar surface area (TPSA) is 153 Å². The molecule has 1 aliphatic carbocycles. The Kier molecular flexibility index (Phi) is 5.85. The van der Waals surface area contributed by atoms with Crippen LogP contribution in [0.1, 0.15) is 15.9 Å². The second-order valence-corrected chi connectivity index (χ2v) is 10.3. The molecule has 0 unspecified atom stereocenters. The lowest BCUT2D eigenvalue weighted by Gasteiger charge is -2.18. The number of nitro groups is 1. The van der Waals surface area contributed by atoms with Crippen LogP contribution in [0.3, 0.4) is 0 Å². The van der Waals surface area contributed by atoms with Gasteiger partial charge in [-0.1, -0.05) is 48.5 Å². The van der Waals surface area contributed by atoms with Gasteiger partial charge in [-0.25, -0.2) is 8.42 Å². The van der Waals surface area contributed by atoms with Gasteiger partial charge in [-0.15, -0.1) is 0 Å². The Labute approximate surface area is 194 Å². The Balaban J connectivity index is 1.82. The summed E-state index contributed by atoms with van der Waals surface area (Å²) < 4.78 is 57.3. The van der Waals surface area contributed by atoms with Gasteiger partial charge in [-0.05, 0) is 24.3 Å². The molecule has 0 radical (unpaired) electrons. The molecular weight excluding hydrogens is 482 g/mol. The summed E-state index contributed by atoms with van der Waals surface area (Å²) in [5.74, 6) is -0.665. The Morgan fingerprint density at radius 3 is 2.09 bits per heavy atom. The number of nitrogens with one attached hydrogen (secondary N) is 1. The van der Waals surface area contributed by atoms with Crippen LogP contribution in [0.25, 0.3) is 0 Å². The molecule has 0 saturated heterocycles. The number of fused-ring (bicyclic) bond motifs is 1. The Hall–Kier alpha value is -4.16. The van der Waals surface area contributed by atoms with E-state index >= 15 is 0 Å². The van der Waals surface area contributed by atoms with Gasteiger partial charge >= 0.3 is 0 Å². The first-order valence-corrected chi connectivity index (χ1v) is 12.5. The number of Topliss-reactive ketones (excluding diaryl/α,β-unsaturated/α-hetero) is 1. The lowest BCUT2D eigenvalue weighted by Crippen LogP contribution is -2.31. The van der Waals surface area contributed by atoms with Gasteiger partial charge in [-0.2, -0.15) is 12.8 Å².